The second-order valence-corrected chi connectivity index (χ2v) is 12.5. The Balaban J connectivity index is 1.67. The lowest BCUT2D eigenvalue weighted by molar-refractivity contribution is 0.0697. The zero-order chi connectivity index (χ0) is 23.0. The third-order valence-electron chi connectivity index (χ3n) is 7.09. The Bertz CT molecular complexity index is 1020. The molecule has 0 radical (unpaired) electrons. The van der Waals surface area contributed by atoms with Gasteiger partial charge in [0.15, 0.2) is 0 Å². The van der Waals surface area contributed by atoms with Crippen LogP contribution in [0.4, 0.5) is 5.00 Å². The Hall–Kier alpha value is -1.66. The highest BCUT2D eigenvalue weighted by Gasteiger charge is 2.35. The molecule has 0 spiro atoms. The Morgan fingerprint density at radius 1 is 1.16 bits per heavy atom. The number of nitrogens with one attached hydrogen (secondary N) is 1. The van der Waals surface area contributed by atoms with E-state index in [-0.39, 0.29) is 17.2 Å². The maximum absolute atomic E-state index is 13.7. The number of hydrogen-bond donors (Lipinski definition) is 1. The van der Waals surface area contributed by atoms with Crippen LogP contribution in [0.25, 0.3) is 0 Å². The average Bonchev–Trinajstić information content (AvgIpc) is 3.10. The van der Waals surface area contributed by atoms with Crippen molar-refractivity contribution in [1.82, 2.24) is 4.90 Å². The number of piperidine rings is 1. The van der Waals surface area contributed by atoms with E-state index < -0.39 is 0 Å². The number of carbonyl (C=O) groups is 2. The molecule has 172 valence electrons. The van der Waals surface area contributed by atoms with Crippen molar-refractivity contribution in [2.24, 2.45) is 17.3 Å². The first-order valence-corrected chi connectivity index (χ1v) is 13.2. The first-order chi connectivity index (χ1) is 15.1. The van der Waals surface area contributed by atoms with Crippen LogP contribution in [0, 0.1) is 17.3 Å². The number of carbonyl (C=O) groups excluding carboxylic acids is 2. The molecule has 2 aliphatic rings. The summed E-state index contributed by atoms with van der Waals surface area (Å²) >= 11 is 5.05. The lowest BCUT2D eigenvalue weighted by Gasteiger charge is -2.34. The summed E-state index contributed by atoms with van der Waals surface area (Å²) in [5, 5.41) is 3.83. The summed E-state index contributed by atoms with van der Waals surface area (Å²) in [5.41, 5.74) is 2.73. The summed E-state index contributed by atoms with van der Waals surface area (Å²) in [6.07, 6.45) is 5.07. The molecule has 4 rings (SSSR count). The number of amides is 2. The fraction of sp³-hybridized carbons (Fsp3) is 0.538. The number of likely N-dealkylation sites (tertiary alicyclic amines) is 1. The summed E-state index contributed by atoms with van der Waals surface area (Å²) in [5.74, 6) is 1.17. The molecule has 4 nitrogen and oxygen atoms in total. The molecule has 1 aliphatic heterocycles. The maximum Gasteiger partial charge on any atom is 0.257 e. The van der Waals surface area contributed by atoms with E-state index in [4.69, 9.17) is 0 Å². The average molecular weight is 518 g/mol. The van der Waals surface area contributed by atoms with E-state index in [0.717, 1.165) is 60.2 Å². The molecule has 1 aromatic carbocycles. The molecule has 1 aliphatic carbocycles. The quantitative estimate of drug-likeness (QED) is 0.488. The van der Waals surface area contributed by atoms with Crippen molar-refractivity contribution in [2.75, 3.05) is 18.4 Å². The highest BCUT2D eigenvalue weighted by molar-refractivity contribution is 9.10. The van der Waals surface area contributed by atoms with Crippen LogP contribution >= 0.6 is 27.3 Å². The van der Waals surface area contributed by atoms with Crippen LogP contribution in [0.5, 0.6) is 0 Å². The van der Waals surface area contributed by atoms with Crippen molar-refractivity contribution in [3.8, 4) is 0 Å². The summed E-state index contributed by atoms with van der Waals surface area (Å²) < 4.78 is 0.863. The predicted octanol–water partition coefficient (Wildman–Crippen LogP) is 6.79. The molecule has 1 saturated heterocycles. The highest BCUT2D eigenvalue weighted by atomic mass is 79.9. The van der Waals surface area contributed by atoms with Crippen LogP contribution in [0.2, 0.25) is 0 Å². The van der Waals surface area contributed by atoms with E-state index in [0.29, 0.717) is 17.4 Å². The van der Waals surface area contributed by atoms with Gasteiger partial charge < -0.3 is 10.2 Å². The third-order valence-corrected chi connectivity index (χ3v) is 8.75. The number of benzene rings is 1. The molecule has 2 amide bonds. The Morgan fingerprint density at radius 2 is 1.88 bits per heavy atom. The first kappa shape index (κ1) is 23.5. The summed E-state index contributed by atoms with van der Waals surface area (Å²) in [7, 11) is 0. The molecular formula is C26H33BrN2O2S. The van der Waals surface area contributed by atoms with Gasteiger partial charge in [-0.05, 0) is 73.1 Å². The van der Waals surface area contributed by atoms with Gasteiger partial charge in [-0.1, -0.05) is 49.7 Å². The van der Waals surface area contributed by atoms with Gasteiger partial charge >= 0.3 is 0 Å². The normalized spacial score (nSPS) is 19.5. The number of thiophene rings is 1. The zero-order valence-corrected chi connectivity index (χ0v) is 21.9. The van der Waals surface area contributed by atoms with E-state index in [9.17, 15) is 9.59 Å². The highest BCUT2D eigenvalue weighted by Crippen LogP contribution is 2.45. The van der Waals surface area contributed by atoms with Crippen molar-refractivity contribution < 1.29 is 9.59 Å². The van der Waals surface area contributed by atoms with Crippen LogP contribution < -0.4 is 5.32 Å². The minimum atomic E-state index is -0.168. The molecule has 32 heavy (non-hydrogen) atoms. The first-order valence-electron chi connectivity index (χ1n) is 11.6. The Morgan fingerprint density at radius 3 is 2.53 bits per heavy atom. The zero-order valence-electron chi connectivity index (χ0n) is 19.5. The number of hydrogen-bond acceptors (Lipinski definition) is 3. The second-order valence-electron chi connectivity index (χ2n) is 10.5. The van der Waals surface area contributed by atoms with Crippen molar-refractivity contribution in [3.63, 3.8) is 0 Å². The van der Waals surface area contributed by atoms with Gasteiger partial charge in [0.2, 0.25) is 0 Å². The minimum Gasteiger partial charge on any atom is -0.339 e. The summed E-state index contributed by atoms with van der Waals surface area (Å²) in [4.78, 5) is 30.0. The Labute approximate surface area is 203 Å². The minimum absolute atomic E-state index is 0.0909. The molecular weight excluding hydrogens is 484 g/mol. The standard InChI is InChI=1S/C26H33BrN2O2S/c1-16-10-12-29(13-11-16)25(31)22-20-9-8-18(26(2,3)4)15-21(20)32-24(22)28-23(30)17-6-5-7-19(27)14-17/h5-7,14,16,18H,8-13,15H2,1-4H3,(H,28,30). The van der Waals surface area contributed by atoms with Gasteiger partial charge in [-0.15, -0.1) is 11.3 Å². The smallest absolute Gasteiger partial charge is 0.257 e. The van der Waals surface area contributed by atoms with Gasteiger partial charge in [-0.3, -0.25) is 9.59 Å². The van der Waals surface area contributed by atoms with Gasteiger partial charge in [0, 0.05) is 28.0 Å². The van der Waals surface area contributed by atoms with Gasteiger partial charge in [-0.2, -0.15) is 0 Å². The largest absolute Gasteiger partial charge is 0.339 e. The molecule has 1 fully saturated rings. The lowest BCUT2D eigenvalue weighted by atomic mass is 9.72. The fourth-order valence-corrected chi connectivity index (χ4v) is 6.53. The van der Waals surface area contributed by atoms with E-state index >= 15 is 0 Å². The number of halogens is 1. The van der Waals surface area contributed by atoms with Gasteiger partial charge in [0.25, 0.3) is 11.8 Å². The van der Waals surface area contributed by atoms with E-state index in [1.54, 1.807) is 17.4 Å². The monoisotopic (exact) mass is 516 g/mol. The van der Waals surface area contributed by atoms with Gasteiger partial charge in [0.1, 0.15) is 5.00 Å². The summed E-state index contributed by atoms with van der Waals surface area (Å²) in [6, 6.07) is 7.37. The van der Waals surface area contributed by atoms with Crippen molar-refractivity contribution >= 4 is 44.1 Å². The van der Waals surface area contributed by atoms with Crippen LogP contribution in [0.3, 0.4) is 0 Å². The predicted molar refractivity (Wildman–Crippen MR) is 136 cm³/mol. The van der Waals surface area contributed by atoms with Crippen LogP contribution in [0.1, 0.15) is 78.1 Å². The van der Waals surface area contributed by atoms with Crippen LogP contribution in [-0.2, 0) is 12.8 Å². The van der Waals surface area contributed by atoms with E-state index in [1.165, 1.54) is 10.4 Å². The second kappa shape index (κ2) is 9.30. The fourth-order valence-electron chi connectivity index (χ4n) is 4.81. The lowest BCUT2D eigenvalue weighted by Crippen LogP contribution is -2.38. The molecule has 1 unspecified atom stereocenters. The van der Waals surface area contributed by atoms with Gasteiger partial charge in [0.05, 0.1) is 5.56 Å². The maximum atomic E-state index is 13.7. The van der Waals surface area contributed by atoms with Crippen molar-refractivity contribution in [1.29, 1.82) is 0 Å². The summed E-state index contributed by atoms with van der Waals surface area (Å²) in [6.45, 7) is 10.8. The number of rotatable bonds is 3. The molecule has 1 aromatic heterocycles. The third kappa shape index (κ3) is 4.96. The van der Waals surface area contributed by atoms with Crippen LogP contribution in [0.15, 0.2) is 28.7 Å². The molecule has 1 N–H and O–H groups in total. The molecule has 2 heterocycles. The number of fused-ring (bicyclic) bond motifs is 1. The van der Waals surface area contributed by atoms with E-state index in [2.05, 4.69) is 48.9 Å². The SMILES string of the molecule is CC1CCN(C(=O)c2c(NC(=O)c3cccc(Br)c3)sc3c2CCC(C(C)(C)C)C3)CC1. The molecule has 1 atom stereocenters. The van der Waals surface area contributed by atoms with Crippen molar-refractivity contribution in [2.45, 2.75) is 59.8 Å². The van der Waals surface area contributed by atoms with Gasteiger partial charge in [-0.25, -0.2) is 0 Å². The molecule has 0 bridgehead atoms. The molecule has 0 saturated carbocycles. The topological polar surface area (TPSA) is 49.4 Å². The Kier molecular flexibility index (Phi) is 6.83. The van der Waals surface area contributed by atoms with Crippen LogP contribution in [-0.4, -0.2) is 29.8 Å². The van der Waals surface area contributed by atoms with E-state index in [1.807, 2.05) is 23.1 Å². The number of nitrogens with zero attached hydrogens (tertiary/aromatic N) is 1. The number of anilines is 1. The molecule has 6 heteroatoms. The van der Waals surface area contributed by atoms with Crippen molar-refractivity contribution in [3.05, 3.63) is 50.3 Å². The molecule has 2 aromatic rings.